The van der Waals surface area contributed by atoms with Crippen molar-refractivity contribution in [3.05, 3.63) is 76.4 Å². The molecule has 0 aliphatic heterocycles. The number of rotatable bonds is 2. The zero-order chi connectivity index (χ0) is 14.8. The zero-order valence-corrected chi connectivity index (χ0v) is 12.2. The highest BCUT2D eigenvalue weighted by Gasteiger charge is 2.19. The predicted molar refractivity (Wildman–Crippen MR) is 85.1 cm³/mol. The summed E-state index contributed by atoms with van der Waals surface area (Å²) in [6.45, 7) is 0. The molecule has 0 saturated heterocycles. The van der Waals surface area contributed by atoms with Crippen molar-refractivity contribution in [2.75, 3.05) is 5.88 Å². The molecule has 2 nitrogen and oxygen atoms in total. The highest BCUT2D eigenvalue weighted by atomic mass is 35.5. The topological polar surface area (TPSA) is 37.3 Å². The molecule has 21 heavy (non-hydrogen) atoms. The van der Waals surface area contributed by atoms with Crippen molar-refractivity contribution in [2.45, 2.75) is 12.8 Å². The first-order chi connectivity index (χ1) is 10.2. The van der Waals surface area contributed by atoms with Crippen molar-refractivity contribution in [2.24, 2.45) is 0 Å². The van der Waals surface area contributed by atoms with Gasteiger partial charge in [0.15, 0.2) is 0 Å². The van der Waals surface area contributed by atoms with Crippen LogP contribution in [0, 0.1) is 0 Å². The number of halogens is 1. The van der Waals surface area contributed by atoms with Crippen LogP contribution in [-0.4, -0.2) is 17.0 Å². The van der Waals surface area contributed by atoms with Gasteiger partial charge in [-0.25, -0.2) is 4.79 Å². The summed E-state index contributed by atoms with van der Waals surface area (Å²) in [4.78, 5) is 11.2. The maximum Gasteiger partial charge on any atom is 0.335 e. The summed E-state index contributed by atoms with van der Waals surface area (Å²) < 4.78 is 0. The van der Waals surface area contributed by atoms with Crippen molar-refractivity contribution in [3.63, 3.8) is 0 Å². The third kappa shape index (κ3) is 2.59. The van der Waals surface area contributed by atoms with Gasteiger partial charge in [-0.1, -0.05) is 36.4 Å². The minimum absolute atomic E-state index is 0.314. The van der Waals surface area contributed by atoms with Crippen LogP contribution in [0.15, 0.2) is 48.5 Å². The Labute approximate surface area is 128 Å². The van der Waals surface area contributed by atoms with E-state index in [0.29, 0.717) is 11.4 Å². The van der Waals surface area contributed by atoms with Gasteiger partial charge in [-0.15, -0.1) is 11.6 Å². The minimum atomic E-state index is -0.902. The molecule has 2 aromatic carbocycles. The predicted octanol–water partition coefficient (Wildman–Crippen LogP) is 4.15. The third-order valence-corrected chi connectivity index (χ3v) is 4.05. The van der Waals surface area contributed by atoms with E-state index in [9.17, 15) is 9.90 Å². The van der Waals surface area contributed by atoms with Gasteiger partial charge in [0, 0.05) is 5.88 Å². The van der Waals surface area contributed by atoms with Gasteiger partial charge in [0.05, 0.1) is 5.56 Å². The van der Waals surface area contributed by atoms with Gasteiger partial charge in [0.25, 0.3) is 0 Å². The van der Waals surface area contributed by atoms with Crippen LogP contribution in [-0.2, 0) is 12.8 Å². The van der Waals surface area contributed by atoms with Crippen molar-refractivity contribution < 1.29 is 9.90 Å². The average molecular weight is 299 g/mol. The number of hydrogen-bond donors (Lipinski definition) is 1. The normalized spacial score (nSPS) is 15.2. The summed E-state index contributed by atoms with van der Waals surface area (Å²) in [5.41, 5.74) is 5.94. The molecule has 3 rings (SSSR count). The fourth-order valence-corrected chi connectivity index (χ4v) is 3.05. The lowest BCUT2D eigenvalue weighted by molar-refractivity contribution is 0.0697. The molecule has 1 N–H and O–H groups in total. The lowest BCUT2D eigenvalue weighted by Gasteiger charge is -2.12. The summed E-state index contributed by atoms with van der Waals surface area (Å²) in [6.07, 6.45) is 3.83. The number of carbonyl (C=O) groups is 1. The zero-order valence-electron chi connectivity index (χ0n) is 11.5. The van der Waals surface area contributed by atoms with Crippen LogP contribution in [0.3, 0.4) is 0 Å². The molecule has 0 atom stereocenters. The van der Waals surface area contributed by atoms with E-state index in [1.165, 1.54) is 11.1 Å². The second-order valence-corrected chi connectivity index (χ2v) is 5.41. The van der Waals surface area contributed by atoms with Crippen molar-refractivity contribution in [1.82, 2.24) is 0 Å². The number of carboxylic acids is 1. The number of fused-ring (bicyclic) bond motifs is 2. The summed E-state index contributed by atoms with van der Waals surface area (Å²) in [5.74, 6) is -0.499. The van der Waals surface area contributed by atoms with Crippen LogP contribution in [0.1, 0.15) is 32.6 Å². The van der Waals surface area contributed by atoms with Crippen molar-refractivity contribution >= 4 is 23.1 Å². The largest absolute Gasteiger partial charge is 0.478 e. The first-order valence-corrected chi connectivity index (χ1v) is 7.45. The highest BCUT2D eigenvalue weighted by Crippen LogP contribution is 2.34. The number of hydrogen-bond acceptors (Lipinski definition) is 1. The summed E-state index contributed by atoms with van der Waals surface area (Å²) in [7, 11) is 0. The maximum atomic E-state index is 11.2. The van der Waals surface area contributed by atoms with Gasteiger partial charge in [-0.3, -0.25) is 0 Å². The molecule has 0 saturated carbocycles. The average Bonchev–Trinajstić information content (AvgIpc) is 2.65. The Kier molecular flexibility index (Phi) is 3.80. The van der Waals surface area contributed by atoms with E-state index in [2.05, 4.69) is 12.1 Å². The molecule has 3 heteroatoms. The Bertz CT molecular complexity index is 732. The quantitative estimate of drug-likeness (QED) is 0.846. The van der Waals surface area contributed by atoms with Crippen LogP contribution in [0.4, 0.5) is 0 Å². The van der Waals surface area contributed by atoms with Gasteiger partial charge >= 0.3 is 5.97 Å². The lowest BCUT2D eigenvalue weighted by Crippen LogP contribution is -2.00. The fraction of sp³-hybridized carbons (Fsp3) is 0.167. The van der Waals surface area contributed by atoms with Crippen molar-refractivity contribution in [3.8, 4) is 0 Å². The van der Waals surface area contributed by atoms with Crippen LogP contribution in [0.25, 0.3) is 5.57 Å². The number of aryl methyl sites for hydroxylation is 2. The van der Waals surface area contributed by atoms with Gasteiger partial charge in [-0.2, -0.15) is 0 Å². The van der Waals surface area contributed by atoms with E-state index >= 15 is 0 Å². The monoisotopic (exact) mass is 298 g/mol. The highest BCUT2D eigenvalue weighted by molar-refractivity contribution is 6.19. The Morgan fingerprint density at radius 3 is 2.52 bits per heavy atom. The second kappa shape index (κ2) is 5.74. The van der Waals surface area contributed by atoms with E-state index in [4.69, 9.17) is 11.6 Å². The maximum absolute atomic E-state index is 11.2. The molecular formula is C18H15ClO2. The molecule has 0 unspecified atom stereocenters. The number of allylic oxidation sites excluding steroid dienone is 1. The fourth-order valence-electron chi connectivity index (χ4n) is 2.89. The molecule has 0 radical (unpaired) electrons. The molecule has 0 spiro atoms. The van der Waals surface area contributed by atoms with Gasteiger partial charge < -0.3 is 5.11 Å². The molecule has 1 aliphatic rings. The minimum Gasteiger partial charge on any atom is -0.478 e. The van der Waals surface area contributed by atoms with Gasteiger partial charge in [-0.05, 0) is 52.8 Å². The van der Waals surface area contributed by atoms with Gasteiger partial charge in [0.1, 0.15) is 0 Å². The molecule has 1 aliphatic carbocycles. The molecule has 0 heterocycles. The Hall–Kier alpha value is -2.06. The lowest BCUT2D eigenvalue weighted by atomic mass is 9.92. The number of alkyl halides is 1. The van der Waals surface area contributed by atoms with Crippen molar-refractivity contribution in [1.29, 1.82) is 0 Å². The van der Waals surface area contributed by atoms with Gasteiger partial charge in [0.2, 0.25) is 0 Å². The summed E-state index contributed by atoms with van der Waals surface area (Å²) in [6, 6.07) is 13.6. The van der Waals surface area contributed by atoms with E-state index < -0.39 is 5.97 Å². The molecule has 0 amide bonds. The molecular weight excluding hydrogens is 284 g/mol. The number of benzene rings is 2. The molecule has 0 fully saturated rings. The SMILES string of the molecule is O=C(O)c1ccc2c(c1)/C(=C/CCl)c1ccccc1CC2. The van der Waals surface area contributed by atoms with Crippen LogP contribution in [0.5, 0.6) is 0 Å². The Morgan fingerprint density at radius 2 is 1.81 bits per heavy atom. The molecule has 0 aromatic heterocycles. The molecule has 0 bridgehead atoms. The summed E-state index contributed by atoms with van der Waals surface area (Å²) in [5, 5.41) is 9.22. The molecule has 2 aromatic rings. The smallest absolute Gasteiger partial charge is 0.335 e. The Balaban J connectivity index is 2.24. The van der Waals surface area contributed by atoms with Crippen LogP contribution >= 0.6 is 11.6 Å². The van der Waals surface area contributed by atoms with Crippen LogP contribution in [0.2, 0.25) is 0 Å². The van der Waals surface area contributed by atoms with E-state index in [1.807, 2.05) is 24.3 Å². The first-order valence-electron chi connectivity index (χ1n) is 6.91. The van der Waals surface area contributed by atoms with E-state index in [-0.39, 0.29) is 0 Å². The van der Waals surface area contributed by atoms with E-state index in [0.717, 1.165) is 29.5 Å². The van der Waals surface area contributed by atoms with E-state index in [1.54, 1.807) is 12.1 Å². The summed E-state index contributed by atoms with van der Waals surface area (Å²) >= 11 is 5.93. The third-order valence-electron chi connectivity index (χ3n) is 3.90. The number of aromatic carboxylic acids is 1. The second-order valence-electron chi connectivity index (χ2n) is 5.11. The standard InChI is InChI=1S/C18H15ClO2/c19-10-9-16-15-4-2-1-3-12(15)5-6-13-7-8-14(18(20)21)11-17(13)16/h1-4,7-9,11H,5-6,10H2,(H,20,21)/b16-9+. The van der Waals surface area contributed by atoms with Crippen LogP contribution < -0.4 is 0 Å². The molecule has 106 valence electrons. The number of carboxylic acid groups (broad SMARTS) is 1. The first kappa shape index (κ1) is 13.9. The Morgan fingerprint density at radius 1 is 1.10 bits per heavy atom.